The average Bonchev–Trinajstić information content (AvgIpc) is 2.97. The first-order chi connectivity index (χ1) is 6.90. The summed E-state index contributed by atoms with van der Waals surface area (Å²) in [7, 11) is 0. The van der Waals surface area contributed by atoms with Crippen LogP contribution < -0.4 is 0 Å². The molecule has 0 radical (unpaired) electrons. The molecule has 1 aliphatic heterocycles. The van der Waals surface area contributed by atoms with Crippen LogP contribution in [0.2, 0.25) is 0 Å². The first-order valence-corrected chi connectivity index (χ1v) is 5.41. The van der Waals surface area contributed by atoms with Gasteiger partial charge in [-0.05, 0) is 25.7 Å². The fourth-order valence-electron chi connectivity index (χ4n) is 2.37. The first-order valence-electron chi connectivity index (χ1n) is 5.41. The van der Waals surface area contributed by atoms with Crippen molar-refractivity contribution in [3.8, 4) is 0 Å². The predicted octanol–water partition coefficient (Wildman–Crippen LogP) is 1.84. The monoisotopic (exact) mass is 190 g/mol. The van der Waals surface area contributed by atoms with E-state index in [2.05, 4.69) is 9.55 Å². The topological polar surface area (TPSA) is 34.9 Å². The molecule has 2 aliphatic rings. The molecule has 1 unspecified atom stereocenters. The minimum absolute atomic E-state index is 0.101. The van der Waals surface area contributed by atoms with Crippen molar-refractivity contribution in [2.45, 2.75) is 44.1 Å². The summed E-state index contributed by atoms with van der Waals surface area (Å²) in [5.74, 6) is 2.02. The van der Waals surface area contributed by atoms with Gasteiger partial charge in [-0.15, -0.1) is 0 Å². The normalized spacial score (nSPS) is 25.9. The van der Waals surface area contributed by atoms with Crippen LogP contribution in [-0.2, 0) is 11.3 Å². The largest absolute Gasteiger partial charge is 0.331 e. The van der Waals surface area contributed by atoms with Crippen LogP contribution in [0.1, 0.15) is 49.0 Å². The molecular weight excluding hydrogens is 176 g/mol. The minimum atomic E-state index is 0.101. The van der Waals surface area contributed by atoms with E-state index in [1.54, 1.807) is 0 Å². The van der Waals surface area contributed by atoms with Crippen molar-refractivity contribution in [2.75, 3.05) is 0 Å². The van der Waals surface area contributed by atoms with E-state index in [1.807, 2.05) is 6.20 Å². The standard InChI is InChI=1S/C11H14N2O/c14-7-9-2-1-5-13-10(9)6-12-11(13)8-3-4-8/h6-9H,1-5H2. The lowest BCUT2D eigenvalue weighted by molar-refractivity contribution is -0.109. The van der Waals surface area contributed by atoms with E-state index in [-0.39, 0.29) is 5.92 Å². The Labute approximate surface area is 83.1 Å². The summed E-state index contributed by atoms with van der Waals surface area (Å²) >= 11 is 0. The van der Waals surface area contributed by atoms with Crippen LogP contribution in [0.4, 0.5) is 0 Å². The fourth-order valence-corrected chi connectivity index (χ4v) is 2.37. The average molecular weight is 190 g/mol. The lowest BCUT2D eigenvalue weighted by Gasteiger charge is -2.21. The molecule has 3 heteroatoms. The van der Waals surface area contributed by atoms with E-state index in [1.165, 1.54) is 18.7 Å². The van der Waals surface area contributed by atoms with Gasteiger partial charge in [0.05, 0.1) is 5.92 Å². The molecule has 74 valence electrons. The van der Waals surface area contributed by atoms with Gasteiger partial charge in [0.25, 0.3) is 0 Å². The first kappa shape index (κ1) is 8.21. The maximum Gasteiger partial charge on any atom is 0.129 e. The van der Waals surface area contributed by atoms with E-state index < -0.39 is 0 Å². The molecule has 3 rings (SSSR count). The summed E-state index contributed by atoms with van der Waals surface area (Å²) in [5.41, 5.74) is 1.15. The van der Waals surface area contributed by atoms with E-state index in [9.17, 15) is 4.79 Å². The summed E-state index contributed by atoms with van der Waals surface area (Å²) in [6, 6.07) is 0. The molecule has 1 aliphatic carbocycles. The van der Waals surface area contributed by atoms with Gasteiger partial charge in [0, 0.05) is 24.4 Å². The molecule has 0 spiro atoms. The third kappa shape index (κ3) is 1.11. The van der Waals surface area contributed by atoms with E-state index in [0.29, 0.717) is 5.92 Å². The van der Waals surface area contributed by atoms with Crippen LogP contribution in [0.3, 0.4) is 0 Å². The second-order valence-corrected chi connectivity index (χ2v) is 4.35. The Morgan fingerprint density at radius 1 is 1.43 bits per heavy atom. The summed E-state index contributed by atoms with van der Waals surface area (Å²) in [6.07, 6.45) is 7.66. The van der Waals surface area contributed by atoms with Crippen molar-refractivity contribution >= 4 is 6.29 Å². The number of rotatable bonds is 2. The molecule has 1 atom stereocenters. The van der Waals surface area contributed by atoms with E-state index in [0.717, 1.165) is 31.4 Å². The fraction of sp³-hybridized carbons (Fsp3) is 0.636. The van der Waals surface area contributed by atoms with Gasteiger partial charge in [-0.1, -0.05) is 0 Å². The number of nitrogens with zero attached hydrogens (tertiary/aromatic N) is 2. The van der Waals surface area contributed by atoms with Gasteiger partial charge in [-0.3, -0.25) is 0 Å². The van der Waals surface area contributed by atoms with E-state index >= 15 is 0 Å². The molecule has 0 saturated heterocycles. The van der Waals surface area contributed by atoms with Crippen molar-refractivity contribution < 1.29 is 4.79 Å². The zero-order valence-electron chi connectivity index (χ0n) is 8.15. The van der Waals surface area contributed by atoms with Gasteiger partial charge in [0.1, 0.15) is 12.1 Å². The van der Waals surface area contributed by atoms with Crippen molar-refractivity contribution in [3.63, 3.8) is 0 Å². The lowest BCUT2D eigenvalue weighted by atomic mass is 9.98. The molecule has 3 nitrogen and oxygen atoms in total. The van der Waals surface area contributed by atoms with Crippen molar-refractivity contribution in [3.05, 3.63) is 17.7 Å². The number of imidazole rings is 1. The second kappa shape index (κ2) is 2.94. The van der Waals surface area contributed by atoms with Crippen LogP contribution in [0, 0.1) is 0 Å². The van der Waals surface area contributed by atoms with Crippen LogP contribution in [-0.4, -0.2) is 15.8 Å². The van der Waals surface area contributed by atoms with Crippen molar-refractivity contribution in [1.82, 2.24) is 9.55 Å². The number of hydrogen-bond donors (Lipinski definition) is 0. The van der Waals surface area contributed by atoms with Gasteiger partial charge in [-0.25, -0.2) is 4.98 Å². The molecule has 0 bridgehead atoms. The zero-order valence-corrected chi connectivity index (χ0v) is 8.15. The lowest BCUT2D eigenvalue weighted by Crippen LogP contribution is -2.17. The highest BCUT2D eigenvalue weighted by Gasteiger charge is 2.31. The van der Waals surface area contributed by atoms with Gasteiger partial charge >= 0.3 is 0 Å². The number of carbonyl (C=O) groups is 1. The molecule has 14 heavy (non-hydrogen) atoms. The van der Waals surface area contributed by atoms with Crippen molar-refractivity contribution in [1.29, 1.82) is 0 Å². The molecular formula is C11H14N2O. The highest BCUT2D eigenvalue weighted by Crippen LogP contribution is 2.41. The highest BCUT2D eigenvalue weighted by molar-refractivity contribution is 5.61. The summed E-state index contributed by atoms with van der Waals surface area (Å²) in [6.45, 7) is 1.06. The molecule has 0 amide bonds. The van der Waals surface area contributed by atoms with Crippen LogP contribution in [0.25, 0.3) is 0 Å². The Balaban J connectivity index is 2.03. The molecule has 1 fully saturated rings. The Bertz CT molecular complexity index is 365. The molecule has 1 aromatic rings. The maximum absolute atomic E-state index is 10.9. The third-order valence-electron chi connectivity index (χ3n) is 3.30. The molecule has 0 N–H and O–H groups in total. The Hall–Kier alpha value is -1.12. The Morgan fingerprint density at radius 3 is 3.00 bits per heavy atom. The van der Waals surface area contributed by atoms with Gasteiger partial charge in [-0.2, -0.15) is 0 Å². The number of fused-ring (bicyclic) bond motifs is 1. The number of aromatic nitrogens is 2. The van der Waals surface area contributed by atoms with Crippen LogP contribution in [0.15, 0.2) is 6.20 Å². The van der Waals surface area contributed by atoms with E-state index in [4.69, 9.17) is 0 Å². The maximum atomic E-state index is 10.9. The van der Waals surface area contributed by atoms with Gasteiger partial charge in [0.15, 0.2) is 0 Å². The number of hydrogen-bond acceptors (Lipinski definition) is 2. The van der Waals surface area contributed by atoms with Crippen LogP contribution in [0.5, 0.6) is 0 Å². The van der Waals surface area contributed by atoms with Gasteiger partial charge in [0.2, 0.25) is 0 Å². The predicted molar refractivity (Wildman–Crippen MR) is 52.2 cm³/mol. The summed E-state index contributed by atoms with van der Waals surface area (Å²) in [4.78, 5) is 15.3. The number of carbonyl (C=O) groups excluding carboxylic acids is 1. The van der Waals surface area contributed by atoms with Crippen molar-refractivity contribution in [2.24, 2.45) is 0 Å². The highest BCUT2D eigenvalue weighted by atomic mass is 16.1. The smallest absolute Gasteiger partial charge is 0.129 e. The molecule has 2 heterocycles. The van der Waals surface area contributed by atoms with Gasteiger partial charge < -0.3 is 9.36 Å². The summed E-state index contributed by atoms with van der Waals surface area (Å²) < 4.78 is 2.28. The van der Waals surface area contributed by atoms with Crippen LogP contribution >= 0.6 is 0 Å². The molecule has 0 aromatic carbocycles. The Morgan fingerprint density at radius 2 is 2.29 bits per heavy atom. The second-order valence-electron chi connectivity index (χ2n) is 4.35. The molecule has 1 saturated carbocycles. The Kier molecular flexibility index (Phi) is 1.72. The quantitative estimate of drug-likeness (QED) is 0.667. The SMILES string of the molecule is O=CC1CCCn2c1cnc2C1CC1. The minimum Gasteiger partial charge on any atom is -0.331 e. The third-order valence-corrected chi connectivity index (χ3v) is 3.30. The molecule has 1 aromatic heterocycles. The number of aldehydes is 1. The summed E-state index contributed by atoms with van der Waals surface area (Å²) in [5, 5.41) is 0. The zero-order chi connectivity index (χ0) is 9.54.